The van der Waals surface area contributed by atoms with Gasteiger partial charge >= 0.3 is 12.3 Å². The molecule has 2 saturated heterocycles. The third-order valence-electron chi connectivity index (χ3n) is 4.34. The third kappa shape index (κ3) is 3.79. The van der Waals surface area contributed by atoms with Gasteiger partial charge in [0.2, 0.25) is 0 Å². The van der Waals surface area contributed by atoms with Crippen LogP contribution in [-0.4, -0.2) is 75.1 Å². The average molecular weight is 310 g/mol. The molecule has 1 spiro atoms. The smallest absolute Gasteiger partial charge is 0.422 e. The summed E-state index contributed by atoms with van der Waals surface area (Å²) in [5.74, 6) is 0. The van der Waals surface area contributed by atoms with E-state index in [0.29, 0.717) is 26.3 Å². The van der Waals surface area contributed by atoms with Crippen molar-refractivity contribution in [2.24, 2.45) is 5.41 Å². The number of hydrogen-bond acceptors (Lipinski definition) is 4. The maximum Gasteiger partial charge on any atom is 0.422 e. The lowest BCUT2D eigenvalue weighted by Gasteiger charge is -2.40. The Labute approximate surface area is 122 Å². The molecule has 122 valence electrons. The number of carbonyl (C=O) groups is 1. The Morgan fingerprint density at radius 3 is 2.52 bits per heavy atom. The number of halogens is 3. The van der Waals surface area contributed by atoms with E-state index in [2.05, 4.69) is 4.74 Å². The number of hydrogen-bond donors (Lipinski definition) is 0. The van der Waals surface area contributed by atoms with Gasteiger partial charge in [0.25, 0.3) is 0 Å². The summed E-state index contributed by atoms with van der Waals surface area (Å²) in [6, 6.07) is 0.111. The monoisotopic (exact) mass is 310 g/mol. The van der Waals surface area contributed by atoms with Crippen LogP contribution in [0, 0.1) is 5.41 Å². The van der Waals surface area contributed by atoms with Crippen molar-refractivity contribution in [2.75, 3.05) is 47.0 Å². The maximum absolute atomic E-state index is 12.1. The summed E-state index contributed by atoms with van der Waals surface area (Å²) in [4.78, 5) is 15.3. The molecule has 0 aliphatic carbocycles. The molecule has 2 rings (SSSR count). The molecule has 0 aromatic rings. The largest absolute Gasteiger partial charge is 0.440 e. The second-order valence-electron chi connectivity index (χ2n) is 6.00. The fraction of sp³-hybridized carbons (Fsp3) is 0.923. The molecule has 2 fully saturated rings. The molecule has 0 bridgehead atoms. The van der Waals surface area contributed by atoms with Gasteiger partial charge in [0.1, 0.15) is 0 Å². The van der Waals surface area contributed by atoms with Crippen molar-refractivity contribution < 1.29 is 27.4 Å². The van der Waals surface area contributed by atoms with Crippen LogP contribution in [0.1, 0.15) is 12.8 Å². The number of ether oxygens (including phenoxy) is 2. The zero-order valence-electron chi connectivity index (χ0n) is 12.3. The highest BCUT2D eigenvalue weighted by Crippen LogP contribution is 2.42. The van der Waals surface area contributed by atoms with Crippen LogP contribution in [0.4, 0.5) is 18.0 Å². The highest BCUT2D eigenvalue weighted by atomic mass is 19.4. The summed E-state index contributed by atoms with van der Waals surface area (Å²) in [6.45, 7) is 0.524. The number of nitrogens with zero attached hydrogens (tertiary/aromatic N) is 2. The van der Waals surface area contributed by atoms with E-state index in [9.17, 15) is 18.0 Å². The van der Waals surface area contributed by atoms with Crippen molar-refractivity contribution in [2.45, 2.75) is 25.1 Å². The van der Waals surface area contributed by atoms with Gasteiger partial charge in [-0.3, -0.25) is 0 Å². The minimum Gasteiger partial charge on any atom is -0.440 e. The molecular weight excluding hydrogens is 289 g/mol. The Kier molecular flexibility index (Phi) is 4.67. The lowest BCUT2D eigenvalue weighted by molar-refractivity contribution is -0.162. The molecule has 1 atom stereocenters. The van der Waals surface area contributed by atoms with Crippen LogP contribution in [0.3, 0.4) is 0 Å². The first-order chi connectivity index (χ1) is 9.73. The van der Waals surface area contributed by atoms with Crippen LogP contribution >= 0.6 is 0 Å². The van der Waals surface area contributed by atoms with E-state index in [0.717, 1.165) is 12.8 Å². The minimum absolute atomic E-state index is 0.111. The van der Waals surface area contributed by atoms with E-state index >= 15 is 0 Å². The molecule has 0 N–H and O–H groups in total. The number of likely N-dealkylation sites (N-methyl/N-ethyl adjacent to an activating group) is 1. The van der Waals surface area contributed by atoms with Crippen molar-refractivity contribution in [3.8, 4) is 0 Å². The standard InChI is InChI=1S/C13H21F3N2O3/c1-17(2)10-7-18(11(19)21-9-13(14,15)16)8-12(10)3-5-20-6-4-12/h10H,3-9H2,1-2H3. The maximum atomic E-state index is 12.1. The van der Waals surface area contributed by atoms with Crippen LogP contribution in [0.25, 0.3) is 0 Å². The molecule has 2 aliphatic rings. The fourth-order valence-electron chi connectivity index (χ4n) is 3.31. The van der Waals surface area contributed by atoms with Gasteiger partial charge in [0, 0.05) is 37.8 Å². The summed E-state index contributed by atoms with van der Waals surface area (Å²) in [7, 11) is 3.85. The number of amides is 1. The van der Waals surface area contributed by atoms with Gasteiger partial charge in [-0.15, -0.1) is 0 Å². The van der Waals surface area contributed by atoms with Crippen LogP contribution in [0.5, 0.6) is 0 Å². The Morgan fingerprint density at radius 2 is 2.00 bits per heavy atom. The molecule has 0 aromatic carbocycles. The van der Waals surface area contributed by atoms with Crippen molar-refractivity contribution >= 4 is 6.09 Å². The van der Waals surface area contributed by atoms with E-state index in [4.69, 9.17) is 4.74 Å². The van der Waals surface area contributed by atoms with E-state index < -0.39 is 18.9 Å². The first kappa shape index (κ1) is 16.4. The molecule has 21 heavy (non-hydrogen) atoms. The van der Waals surface area contributed by atoms with Gasteiger partial charge in [-0.25, -0.2) is 4.79 Å². The van der Waals surface area contributed by atoms with E-state index in [1.807, 2.05) is 19.0 Å². The highest BCUT2D eigenvalue weighted by molar-refractivity contribution is 5.68. The van der Waals surface area contributed by atoms with Crippen LogP contribution < -0.4 is 0 Å². The molecule has 8 heteroatoms. The molecular formula is C13H21F3N2O3. The van der Waals surface area contributed by atoms with Crippen LogP contribution in [0.15, 0.2) is 0 Å². The number of alkyl halides is 3. The number of likely N-dealkylation sites (tertiary alicyclic amines) is 1. The van der Waals surface area contributed by atoms with Gasteiger partial charge in [0.05, 0.1) is 0 Å². The Bertz CT molecular complexity index is 381. The molecule has 1 amide bonds. The predicted octanol–water partition coefficient (Wildman–Crippen LogP) is 1.73. The SMILES string of the molecule is CN(C)C1CN(C(=O)OCC(F)(F)F)CC12CCOCC2. The molecule has 2 heterocycles. The summed E-state index contributed by atoms with van der Waals surface area (Å²) in [5.41, 5.74) is -0.112. The van der Waals surface area contributed by atoms with Gasteiger partial charge in [0.15, 0.2) is 6.61 Å². The summed E-state index contributed by atoms with van der Waals surface area (Å²) < 4.78 is 46.1. The summed E-state index contributed by atoms with van der Waals surface area (Å²) >= 11 is 0. The van der Waals surface area contributed by atoms with E-state index in [-0.39, 0.29) is 11.5 Å². The summed E-state index contributed by atoms with van der Waals surface area (Å²) in [6.07, 6.45) is -3.77. The molecule has 0 aromatic heterocycles. The topological polar surface area (TPSA) is 42.0 Å². The van der Waals surface area contributed by atoms with Crippen molar-refractivity contribution in [1.29, 1.82) is 0 Å². The summed E-state index contributed by atoms with van der Waals surface area (Å²) in [5, 5.41) is 0. The van der Waals surface area contributed by atoms with E-state index in [1.165, 1.54) is 4.90 Å². The second-order valence-corrected chi connectivity index (χ2v) is 6.00. The number of carbonyl (C=O) groups excluding carboxylic acids is 1. The highest BCUT2D eigenvalue weighted by Gasteiger charge is 2.50. The van der Waals surface area contributed by atoms with E-state index in [1.54, 1.807) is 0 Å². The zero-order valence-corrected chi connectivity index (χ0v) is 12.3. The first-order valence-electron chi connectivity index (χ1n) is 6.96. The normalized spacial score (nSPS) is 25.6. The third-order valence-corrected chi connectivity index (χ3v) is 4.34. The Hall–Kier alpha value is -1.02. The fourth-order valence-corrected chi connectivity index (χ4v) is 3.31. The van der Waals surface area contributed by atoms with Crippen molar-refractivity contribution in [1.82, 2.24) is 9.80 Å². The molecule has 5 nitrogen and oxygen atoms in total. The quantitative estimate of drug-likeness (QED) is 0.779. The van der Waals surface area contributed by atoms with Gasteiger partial charge in [-0.05, 0) is 26.9 Å². The van der Waals surface area contributed by atoms with Gasteiger partial charge in [-0.2, -0.15) is 13.2 Å². The minimum atomic E-state index is -4.49. The molecule has 2 aliphatic heterocycles. The molecule has 1 unspecified atom stereocenters. The van der Waals surface area contributed by atoms with Crippen molar-refractivity contribution in [3.05, 3.63) is 0 Å². The first-order valence-corrected chi connectivity index (χ1v) is 6.96. The Morgan fingerprint density at radius 1 is 1.38 bits per heavy atom. The van der Waals surface area contributed by atoms with Crippen molar-refractivity contribution in [3.63, 3.8) is 0 Å². The van der Waals surface area contributed by atoms with Gasteiger partial charge in [-0.1, -0.05) is 0 Å². The Balaban J connectivity index is 2.01. The second kappa shape index (κ2) is 6.00. The molecule has 0 radical (unpaired) electrons. The van der Waals surface area contributed by atoms with Gasteiger partial charge < -0.3 is 19.3 Å². The predicted molar refractivity (Wildman–Crippen MR) is 68.9 cm³/mol. The average Bonchev–Trinajstić information content (AvgIpc) is 2.75. The zero-order chi connectivity index (χ0) is 15.7. The van der Waals surface area contributed by atoms with Crippen LogP contribution in [-0.2, 0) is 9.47 Å². The lowest BCUT2D eigenvalue weighted by Crippen LogP contribution is -2.46. The van der Waals surface area contributed by atoms with Crippen LogP contribution in [0.2, 0.25) is 0 Å². The lowest BCUT2D eigenvalue weighted by atomic mass is 9.75. The molecule has 0 saturated carbocycles. The number of rotatable bonds is 2.